The molecule has 28 heavy (non-hydrogen) atoms. The molecule has 1 saturated carbocycles. The summed E-state index contributed by atoms with van der Waals surface area (Å²) in [5, 5.41) is 4.66. The lowest BCUT2D eigenvalue weighted by molar-refractivity contribution is -0.145. The number of hydrogen-bond acceptors (Lipinski definition) is 5. The van der Waals surface area contributed by atoms with Gasteiger partial charge in [0.1, 0.15) is 0 Å². The molecule has 0 unspecified atom stereocenters. The molecule has 1 spiro atoms. The summed E-state index contributed by atoms with van der Waals surface area (Å²) in [6.07, 6.45) is 5.17. The van der Waals surface area contributed by atoms with E-state index in [1.165, 1.54) is 12.8 Å². The van der Waals surface area contributed by atoms with Crippen molar-refractivity contribution in [2.24, 2.45) is 11.3 Å². The van der Waals surface area contributed by atoms with Crippen molar-refractivity contribution in [2.75, 3.05) is 26.2 Å². The van der Waals surface area contributed by atoms with Crippen LogP contribution in [0.15, 0.2) is 10.6 Å². The lowest BCUT2D eigenvalue weighted by Gasteiger charge is -2.39. The van der Waals surface area contributed by atoms with Gasteiger partial charge in [-0.1, -0.05) is 5.16 Å². The summed E-state index contributed by atoms with van der Waals surface area (Å²) in [5.74, 6) is 0.909. The van der Waals surface area contributed by atoms with Crippen molar-refractivity contribution in [1.29, 1.82) is 0 Å². The van der Waals surface area contributed by atoms with E-state index in [0.717, 1.165) is 38.0 Å². The Morgan fingerprint density at radius 1 is 1.29 bits per heavy atom. The number of amides is 2. The molecule has 2 aliphatic heterocycles. The van der Waals surface area contributed by atoms with Gasteiger partial charge in [0.15, 0.2) is 0 Å². The maximum atomic E-state index is 13.4. The largest absolute Gasteiger partial charge is 0.342 e. The molecule has 0 bridgehead atoms. The molecule has 7 heteroatoms. The van der Waals surface area contributed by atoms with Crippen LogP contribution in [-0.2, 0) is 4.79 Å². The van der Waals surface area contributed by atoms with Gasteiger partial charge in [-0.3, -0.25) is 9.59 Å². The van der Waals surface area contributed by atoms with Crippen LogP contribution in [0.5, 0.6) is 0 Å². The third-order valence-electron chi connectivity index (χ3n) is 6.62. The van der Waals surface area contributed by atoms with Crippen molar-refractivity contribution in [3.05, 3.63) is 23.0 Å². The van der Waals surface area contributed by atoms with Gasteiger partial charge in [-0.15, -0.1) is 0 Å². The average Bonchev–Trinajstić information content (AvgIpc) is 3.27. The second-order valence-corrected chi connectivity index (χ2v) is 8.81. The molecule has 5 rings (SSSR count). The number of nitrogens with zero attached hydrogens (tertiary/aromatic N) is 4. The molecule has 7 nitrogen and oxygen atoms in total. The summed E-state index contributed by atoms with van der Waals surface area (Å²) in [6, 6.07) is 1.81. The fourth-order valence-corrected chi connectivity index (χ4v) is 4.92. The summed E-state index contributed by atoms with van der Waals surface area (Å²) in [5.41, 5.74) is 1.98. The zero-order chi connectivity index (χ0) is 19.5. The Balaban J connectivity index is 1.41. The van der Waals surface area contributed by atoms with Crippen LogP contribution in [-0.4, -0.2) is 57.9 Å². The molecule has 3 aliphatic rings. The summed E-state index contributed by atoms with van der Waals surface area (Å²) in [4.78, 5) is 34.9. The van der Waals surface area contributed by atoms with Gasteiger partial charge in [0, 0.05) is 31.9 Å². The third kappa shape index (κ3) is 2.79. The van der Waals surface area contributed by atoms with E-state index in [1.54, 1.807) is 0 Å². The molecular weight excluding hydrogens is 356 g/mol. The monoisotopic (exact) mass is 382 g/mol. The van der Waals surface area contributed by atoms with Crippen LogP contribution in [0.25, 0.3) is 11.1 Å². The number of aryl methyl sites for hydroxylation is 2. The first-order chi connectivity index (χ1) is 13.5. The molecule has 2 aromatic heterocycles. The minimum atomic E-state index is -0.395. The molecule has 148 valence electrons. The predicted octanol–water partition coefficient (Wildman–Crippen LogP) is 2.70. The van der Waals surface area contributed by atoms with Gasteiger partial charge in [-0.2, -0.15) is 0 Å². The molecule has 0 aromatic carbocycles. The maximum absolute atomic E-state index is 13.4. The maximum Gasteiger partial charge on any atom is 0.258 e. The quantitative estimate of drug-likeness (QED) is 0.815. The second kappa shape index (κ2) is 6.29. The Labute approximate surface area is 164 Å². The van der Waals surface area contributed by atoms with Gasteiger partial charge in [-0.05, 0) is 57.9 Å². The normalized spacial score (nSPS) is 25.3. The Morgan fingerprint density at radius 2 is 2.11 bits per heavy atom. The summed E-state index contributed by atoms with van der Waals surface area (Å²) >= 11 is 0. The van der Waals surface area contributed by atoms with Crippen LogP contribution >= 0.6 is 0 Å². The molecule has 0 radical (unpaired) electrons. The van der Waals surface area contributed by atoms with Gasteiger partial charge in [0.25, 0.3) is 11.6 Å². The van der Waals surface area contributed by atoms with Gasteiger partial charge in [-0.25, -0.2) is 4.98 Å². The Morgan fingerprint density at radius 3 is 2.89 bits per heavy atom. The molecule has 0 N–H and O–H groups in total. The second-order valence-electron chi connectivity index (χ2n) is 8.81. The first-order valence-corrected chi connectivity index (χ1v) is 10.3. The van der Waals surface area contributed by atoms with Crippen LogP contribution in [0.1, 0.15) is 53.8 Å². The van der Waals surface area contributed by atoms with E-state index in [-0.39, 0.29) is 11.8 Å². The molecule has 2 amide bonds. The fourth-order valence-electron chi connectivity index (χ4n) is 4.92. The lowest BCUT2D eigenvalue weighted by Crippen LogP contribution is -2.51. The SMILES string of the molecule is Cc1cc(C(=O)N2CC[C@@]3(CCCN(CC4CC4)C3=O)C2)c2c(C)noc2n1. The summed E-state index contributed by atoms with van der Waals surface area (Å²) in [7, 11) is 0. The van der Waals surface area contributed by atoms with Crippen molar-refractivity contribution in [3.8, 4) is 0 Å². The van der Waals surface area contributed by atoms with Crippen molar-refractivity contribution >= 4 is 22.9 Å². The summed E-state index contributed by atoms with van der Waals surface area (Å²) in [6.45, 7) is 6.58. The van der Waals surface area contributed by atoms with Crippen LogP contribution in [0.2, 0.25) is 0 Å². The number of carbonyl (C=O) groups excluding carboxylic acids is 2. The zero-order valence-electron chi connectivity index (χ0n) is 16.5. The van der Waals surface area contributed by atoms with E-state index in [1.807, 2.05) is 24.8 Å². The molecule has 3 fully saturated rings. The van der Waals surface area contributed by atoms with Gasteiger partial charge >= 0.3 is 0 Å². The highest BCUT2D eigenvalue weighted by atomic mass is 16.5. The van der Waals surface area contributed by atoms with E-state index in [4.69, 9.17) is 4.52 Å². The van der Waals surface area contributed by atoms with Crippen LogP contribution in [0, 0.1) is 25.2 Å². The smallest absolute Gasteiger partial charge is 0.258 e. The minimum Gasteiger partial charge on any atom is -0.342 e. The van der Waals surface area contributed by atoms with E-state index in [2.05, 4.69) is 15.0 Å². The highest BCUT2D eigenvalue weighted by molar-refractivity contribution is 6.06. The Hall–Kier alpha value is -2.44. The van der Waals surface area contributed by atoms with Crippen molar-refractivity contribution in [2.45, 2.75) is 46.0 Å². The number of rotatable bonds is 3. The number of aromatic nitrogens is 2. The van der Waals surface area contributed by atoms with Gasteiger partial charge < -0.3 is 14.3 Å². The van der Waals surface area contributed by atoms with Crippen LogP contribution in [0.3, 0.4) is 0 Å². The fraction of sp³-hybridized carbons (Fsp3) is 0.619. The van der Waals surface area contributed by atoms with Crippen LogP contribution < -0.4 is 0 Å². The van der Waals surface area contributed by atoms with Crippen molar-refractivity contribution < 1.29 is 14.1 Å². The van der Waals surface area contributed by atoms with Crippen LogP contribution in [0.4, 0.5) is 0 Å². The van der Waals surface area contributed by atoms with Gasteiger partial charge in [0.2, 0.25) is 5.91 Å². The van der Waals surface area contributed by atoms with E-state index in [9.17, 15) is 9.59 Å². The first kappa shape index (κ1) is 17.6. The average molecular weight is 382 g/mol. The zero-order valence-corrected chi connectivity index (χ0v) is 16.5. The highest BCUT2D eigenvalue weighted by Gasteiger charge is 2.50. The standard InChI is InChI=1S/C21H26N4O3/c1-13-10-16(17-14(2)23-28-18(17)22-13)19(26)25-9-7-21(12-25)6-3-8-24(20(21)27)11-15-4-5-15/h10,15H,3-9,11-12H2,1-2H3/t21-/m0/s1. The Kier molecular flexibility index (Phi) is 3.96. The molecule has 1 atom stereocenters. The van der Waals surface area contributed by atoms with Crippen molar-refractivity contribution in [1.82, 2.24) is 19.9 Å². The highest BCUT2D eigenvalue weighted by Crippen LogP contribution is 2.42. The molecule has 2 saturated heterocycles. The number of piperidine rings is 1. The topological polar surface area (TPSA) is 79.5 Å². The Bertz CT molecular complexity index is 964. The number of hydrogen-bond donors (Lipinski definition) is 0. The predicted molar refractivity (Wildman–Crippen MR) is 103 cm³/mol. The third-order valence-corrected chi connectivity index (χ3v) is 6.62. The van der Waals surface area contributed by atoms with Gasteiger partial charge in [0.05, 0.1) is 22.1 Å². The molecule has 4 heterocycles. The molecule has 2 aromatic rings. The molecular formula is C21H26N4O3. The van der Waals surface area contributed by atoms with E-state index in [0.29, 0.717) is 41.4 Å². The molecule has 1 aliphatic carbocycles. The number of likely N-dealkylation sites (tertiary alicyclic amines) is 2. The number of fused-ring (bicyclic) bond motifs is 1. The van der Waals surface area contributed by atoms with Crippen molar-refractivity contribution in [3.63, 3.8) is 0 Å². The lowest BCUT2D eigenvalue weighted by atomic mass is 9.78. The first-order valence-electron chi connectivity index (χ1n) is 10.3. The summed E-state index contributed by atoms with van der Waals surface area (Å²) < 4.78 is 5.27. The van der Waals surface area contributed by atoms with E-state index < -0.39 is 5.41 Å². The van der Waals surface area contributed by atoms with E-state index >= 15 is 0 Å². The number of carbonyl (C=O) groups is 2. The minimum absolute atomic E-state index is 0.0502. The number of pyridine rings is 1.